The van der Waals surface area contributed by atoms with E-state index in [2.05, 4.69) is 16.8 Å². The standard InChI is InChI=1S/C24H30F3N3OS/c1-3-12-30(15-17-8-9-17)18-10-13-29(14-11-18)23(31)21-16(2)28-22(32-21)19-6-4-5-7-20(19)24(25,26)27/h4-7,17-18H,3,8-15H2,1-2H3. The van der Waals surface area contributed by atoms with E-state index in [1.54, 1.807) is 13.0 Å². The lowest BCUT2D eigenvalue weighted by Gasteiger charge is -2.38. The summed E-state index contributed by atoms with van der Waals surface area (Å²) in [5.74, 6) is 0.734. The normalized spacial score (nSPS) is 17.9. The fourth-order valence-electron chi connectivity index (χ4n) is 4.55. The van der Waals surface area contributed by atoms with Gasteiger partial charge in [-0.2, -0.15) is 13.2 Å². The van der Waals surface area contributed by atoms with Gasteiger partial charge in [0.05, 0.1) is 11.3 Å². The van der Waals surface area contributed by atoms with Crippen molar-refractivity contribution in [2.75, 3.05) is 26.2 Å². The number of rotatable bonds is 7. The average Bonchev–Trinajstić information content (AvgIpc) is 3.51. The number of piperidine rings is 1. The molecule has 1 saturated heterocycles. The Hall–Kier alpha value is -1.93. The Kier molecular flexibility index (Phi) is 6.91. The minimum Gasteiger partial charge on any atom is -0.338 e. The van der Waals surface area contributed by atoms with Crippen molar-refractivity contribution < 1.29 is 18.0 Å². The van der Waals surface area contributed by atoms with Crippen molar-refractivity contribution >= 4 is 17.2 Å². The van der Waals surface area contributed by atoms with E-state index in [4.69, 9.17) is 0 Å². The van der Waals surface area contributed by atoms with Crippen LogP contribution in [-0.2, 0) is 6.18 Å². The van der Waals surface area contributed by atoms with Gasteiger partial charge in [0.2, 0.25) is 0 Å². The van der Waals surface area contributed by atoms with Crippen LogP contribution in [0.3, 0.4) is 0 Å². The molecule has 8 heteroatoms. The summed E-state index contributed by atoms with van der Waals surface area (Å²) >= 11 is 1.06. The lowest BCUT2D eigenvalue weighted by atomic mass is 10.0. The molecule has 2 fully saturated rings. The summed E-state index contributed by atoms with van der Waals surface area (Å²) in [5.41, 5.74) is -0.197. The zero-order chi connectivity index (χ0) is 22.9. The second-order valence-electron chi connectivity index (χ2n) is 8.94. The van der Waals surface area contributed by atoms with Gasteiger partial charge in [0.15, 0.2) is 0 Å². The van der Waals surface area contributed by atoms with Crippen molar-refractivity contribution in [1.29, 1.82) is 0 Å². The summed E-state index contributed by atoms with van der Waals surface area (Å²) < 4.78 is 40.3. The largest absolute Gasteiger partial charge is 0.417 e. The van der Waals surface area contributed by atoms with Crippen molar-refractivity contribution in [2.24, 2.45) is 5.92 Å². The molecule has 1 aromatic carbocycles. The summed E-state index contributed by atoms with van der Waals surface area (Å²) in [7, 11) is 0. The molecule has 1 saturated carbocycles. The highest BCUT2D eigenvalue weighted by Crippen LogP contribution is 2.39. The predicted octanol–water partition coefficient (Wildman–Crippen LogP) is 5.86. The number of nitrogens with zero attached hydrogens (tertiary/aromatic N) is 3. The third kappa shape index (κ3) is 5.17. The number of carbonyl (C=O) groups is 1. The van der Waals surface area contributed by atoms with Crippen molar-refractivity contribution in [2.45, 2.75) is 58.2 Å². The minimum atomic E-state index is -4.47. The van der Waals surface area contributed by atoms with Crippen LogP contribution >= 0.6 is 11.3 Å². The average molecular weight is 466 g/mol. The topological polar surface area (TPSA) is 36.4 Å². The maximum atomic E-state index is 13.4. The van der Waals surface area contributed by atoms with Crippen LogP contribution in [0.25, 0.3) is 10.6 Å². The summed E-state index contributed by atoms with van der Waals surface area (Å²) in [6, 6.07) is 5.92. The molecule has 0 radical (unpaired) electrons. The van der Waals surface area contributed by atoms with E-state index in [1.165, 1.54) is 31.5 Å². The number of likely N-dealkylation sites (tertiary alicyclic amines) is 1. The molecule has 1 amide bonds. The number of aryl methyl sites for hydroxylation is 1. The van der Waals surface area contributed by atoms with Gasteiger partial charge in [-0.1, -0.05) is 25.1 Å². The van der Waals surface area contributed by atoms with Crippen LogP contribution in [0.5, 0.6) is 0 Å². The summed E-state index contributed by atoms with van der Waals surface area (Å²) in [6.45, 7) is 7.54. The number of hydrogen-bond donors (Lipinski definition) is 0. The first kappa shape index (κ1) is 23.2. The number of halogens is 3. The lowest BCUT2D eigenvalue weighted by molar-refractivity contribution is -0.137. The molecule has 2 aromatic rings. The summed E-state index contributed by atoms with van der Waals surface area (Å²) in [6.07, 6.45) is 1.23. The fraction of sp³-hybridized carbons (Fsp3) is 0.583. The van der Waals surface area contributed by atoms with Gasteiger partial charge >= 0.3 is 6.18 Å². The van der Waals surface area contributed by atoms with Crippen LogP contribution in [0.15, 0.2) is 24.3 Å². The molecular weight excluding hydrogens is 435 g/mol. The smallest absolute Gasteiger partial charge is 0.338 e. The van der Waals surface area contributed by atoms with Gasteiger partial charge < -0.3 is 4.90 Å². The van der Waals surface area contributed by atoms with E-state index in [9.17, 15) is 18.0 Å². The van der Waals surface area contributed by atoms with Gasteiger partial charge in [-0.15, -0.1) is 11.3 Å². The number of benzene rings is 1. The molecule has 0 N–H and O–H groups in total. The van der Waals surface area contributed by atoms with E-state index in [-0.39, 0.29) is 16.5 Å². The van der Waals surface area contributed by atoms with Crippen LogP contribution in [-0.4, -0.2) is 52.9 Å². The van der Waals surface area contributed by atoms with E-state index in [0.717, 1.165) is 49.1 Å². The van der Waals surface area contributed by atoms with Gasteiger partial charge in [0, 0.05) is 31.2 Å². The van der Waals surface area contributed by atoms with Crippen LogP contribution in [0.1, 0.15) is 60.0 Å². The highest BCUT2D eigenvalue weighted by atomic mass is 32.1. The first-order chi connectivity index (χ1) is 15.3. The lowest BCUT2D eigenvalue weighted by Crippen LogP contribution is -2.47. The van der Waals surface area contributed by atoms with E-state index in [0.29, 0.717) is 29.7 Å². The molecule has 0 bridgehead atoms. The maximum Gasteiger partial charge on any atom is 0.417 e. The molecule has 0 unspecified atom stereocenters. The van der Waals surface area contributed by atoms with E-state index < -0.39 is 11.7 Å². The summed E-state index contributed by atoms with van der Waals surface area (Å²) in [5, 5.41) is 0.243. The number of carbonyl (C=O) groups excluding carboxylic acids is 1. The highest BCUT2D eigenvalue weighted by molar-refractivity contribution is 7.17. The molecule has 4 rings (SSSR count). The molecule has 174 valence electrons. The Morgan fingerprint density at radius 3 is 2.50 bits per heavy atom. The van der Waals surface area contributed by atoms with Gasteiger partial charge in [0.1, 0.15) is 9.88 Å². The van der Waals surface area contributed by atoms with Crippen molar-refractivity contribution in [1.82, 2.24) is 14.8 Å². The fourth-order valence-corrected chi connectivity index (χ4v) is 5.62. The van der Waals surface area contributed by atoms with Crippen LogP contribution < -0.4 is 0 Å². The van der Waals surface area contributed by atoms with E-state index >= 15 is 0 Å². The van der Waals surface area contributed by atoms with Crippen LogP contribution in [0, 0.1) is 12.8 Å². The Balaban J connectivity index is 1.46. The molecule has 1 aliphatic heterocycles. The van der Waals surface area contributed by atoms with Crippen LogP contribution in [0.2, 0.25) is 0 Å². The molecule has 1 aliphatic carbocycles. The van der Waals surface area contributed by atoms with Crippen molar-refractivity contribution in [3.8, 4) is 10.6 Å². The quantitative estimate of drug-likeness (QED) is 0.514. The predicted molar refractivity (Wildman–Crippen MR) is 121 cm³/mol. The molecule has 1 aromatic heterocycles. The Morgan fingerprint density at radius 2 is 1.88 bits per heavy atom. The Morgan fingerprint density at radius 1 is 1.19 bits per heavy atom. The first-order valence-electron chi connectivity index (χ1n) is 11.4. The Bertz CT molecular complexity index is 946. The number of aromatic nitrogens is 1. The molecular formula is C24H30F3N3OS. The number of hydrogen-bond acceptors (Lipinski definition) is 4. The zero-order valence-corrected chi connectivity index (χ0v) is 19.4. The molecule has 0 spiro atoms. The van der Waals surface area contributed by atoms with Crippen molar-refractivity contribution in [3.63, 3.8) is 0 Å². The number of amides is 1. The first-order valence-corrected chi connectivity index (χ1v) is 12.3. The summed E-state index contributed by atoms with van der Waals surface area (Å²) in [4.78, 5) is 22.4. The molecule has 4 nitrogen and oxygen atoms in total. The number of alkyl halides is 3. The molecule has 2 aliphatic rings. The van der Waals surface area contributed by atoms with Gasteiger partial charge in [0.25, 0.3) is 5.91 Å². The van der Waals surface area contributed by atoms with Gasteiger partial charge in [-0.3, -0.25) is 9.69 Å². The van der Waals surface area contributed by atoms with Gasteiger partial charge in [-0.25, -0.2) is 4.98 Å². The van der Waals surface area contributed by atoms with Crippen molar-refractivity contribution in [3.05, 3.63) is 40.4 Å². The monoisotopic (exact) mass is 465 g/mol. The number of thiazole rings is 1. The maximum absolute atomic E-state index is 13.4. The second kappa shape index (κ2) is 9.51. The third-order valence-corrected chi connectivity index (χ3v) is 7.60. The Labute approximate surface area is 191 Å². The third-order valence-electron chi connectivity index (χ3n) is 6.42. The molecule has 32 heavy (non-hydrogen) atoms. The van der Waals surface area contributed by atoms with Gasteiger partial charge in [-0.05, 0) is 57.6 Å². The minimum absolute atomic E-state index is 0.0288. The zero-order valence-electron chi connectivity index (χ0n) is 18.6. The molecule has 2 heterocycles. The van der Waals surface area contributed by atoms with E-state index in [1.807, 2.05) is 4.90 Å². The molecule has 0 atom stereocenters. The SMILES string of the molecule is CCCN(CC1CC1)C1CCN(C(=O)c2sc(-c3ccccc3C(F)(F)F)nc2C)CC1. The second-order valence-corrected chi connectivity index (χ2v) is 9.94. The van der Waals surface area contributed by atoms with Crippen LogP contribution in [0.4, 0.5) is 13.2 Å². The highest BCUT2D eigenvalue weighted by Gasteiger charge is 2.35.